The normalized spacial score (nSPS) is 0. The van der Waals surface area contributed by atoms with Gasteiger partial charge < -0.3 is 0 Å². The maximum Gasteiger partial charge on any atom is 0 e. The van der Waals surface area contributed by atoms with Gasteiger partial charge in [-0.05, 0) is 0 Å². The van der Waals surface area contributed by atoms with Crippen molar-refractivity contribution < 1.29 is 35.9 Å². The molecular weight excluding hydrogens is 131 g/mol. The van der Waals surface area contributed by atoms with Gasteiger partial charge in [-0.15, -0.1) is 0 Å². The van der Waals surface area contributed by atoms with Crippen molar-refractivity contribution in [2.24, 2.45) is 0 Å². The summed E-state index contributed by atoms with van der Waals surface area (Å²) in [6.07, 6.45) is 0. The van der Waals surface area contributed by atoms with Gasteiger partial charge in [0.1, 0.15) is 0 Å². The van der Waals surface area contributed by atoms with E-state index in [0.717, 1.165) is 0 Å². The Bertz CT molecular complexity index is 3.61. The summed E-state index contributed by atoms with van der Waals surface area (Å²) < 4.78 is 0. The third-order valence-electron chi connectivity index (χ3n) is 0. The predicted molar refractivity (Wildman–Crippen MR) is 10.0 cm³/mol. The number of hydrogen-bond acceptors (Lipinski definition) is 0. The van der Waals surface area contributed by atoms with Crippen LogP contribution >= 0.6 is 0 Å². The molecule has 0 saturated heterocycles. The van der Waals surface area contributed by atoms with Crippen molar-refractivity contribution in [2.45, 2.75) is 0 Å². The third-order valence-corrected chi connectivity index (χ3v) is 0. The van der Waals surface area contributed by atoms with Gasteiger partial charge in [-0.25, -0.2) is 0 Å². The molecule has 0 aromatic heterocycles. The second-order valence-electron chi connectivity index (χ2n) is 0. The summed E-state index contributed by atoms with van der Waals surface area (Å²) in [5, 5.41) is 0. The second kappa shape index (κ2) is 776. The predicted octanol–water partition coefficient (Wildman–Crippen LogP) is 0.607. The summed E-state index contributed by atoms with van der Waals surface area (Å²) in [6.45, 7) is 0. The van der Waals surface area contributed by atoms with Gasteiger partial charge in [0, 0.05) is 17.1 Å². The Hall–Kier alpha value is 0.239. The molecule has 0 amide bonds. The fraction of sp³-hybridized carbons (Fsp3) is 0. The van der Waals surface area contributed by atoms with E-state index in [1.54, 1.807) is 0 Å². The number of rotatable bonds is 0. The summed E-state index contributed by atoms with van der Waals surface area (Å²) in [6, 6.07) is 0. The van der Waals surface area contributed by atoms with Crippen LogP contribution in [0.15, 0.2) is 0 Å². The van der Waals surface area contributed by atoms with E-state index in [1.165, 1.54) is 0 Å². The van der Waals surface area contributed by atoms with Gasteiger partial charge in [0.15, 0.2) is 0 Å². The zero-order valence-electron chi connectivity index (χ0n) is 2.01. The average Bonchev–Trinajstić information content (AvgIpc) is 0. The molecule has 0 N–H and O–H groups in total. The van der Waals surface area contributed by atoms with E-state index in [1.807, 2.05) is 0 Å². The molecule has 0 spiro atoms. The minimum Gasteiger partial charge on any atom is -0.269 e. The fourth-order valence-corrected chi connectivity index (χ4v) is 0. The van der Waals surface area contributed by atoms with Gasteiger partial charge >= 0.3 is 0 Å². The molecule has 0 fully saturated rings. The molecule has 0 nitrogen and oxygen atoms in total. The van der Waals surface area contributed by atoms with Crippen LogP contribution in [0.4, 0.5) is 18.8 Å². The first-order valence-electron chi connectivity index (χ1n) is 0. The summed E-state index contributed by atoms with van der Waals surface area (Å²) in [7, 11) is 0. The molecular formula is H4F4Mn. The zero-order chi connectivity index (χ0) is 0. The van der Waals surface area contributed by atoms with Crippen molar-refractivity contribution >= 4 is 0 Å². The Morgan fingerprint density at radius 1 is 0.400 bits per heavy atom. The summed E-state index contributed by atoms with van der Waals surface area (Å²) >= 11 is 0. The van der Waals surface area contributed by atoms with Crippen molar-refractivity contribution in [3.05, 3.63) is 0 Å². The van der Waals surface area contributed by atoms with Gasteiger partial charge in [0.05, 0.1) is 0 Å². The molecule has 0 aliphatic carbocycles. The average molecular weight is 135 g/mol. The van der Waals surface area contributed by atoms with Gasteiger partial charge in [-0.3, -0.25) is 18.8 Å². The first-order valence-corrected chi connectivity index (χ1v) is 0. The number of halogens is 4. The Morgan fingerprint density at radius 2 is 0.400 bits per heavy atom. The molecule has 0 heterocycles. The summed E-state index contributed by atoms with van der Waals surface area (Å²) in [5.41, 5.74) is 0. The Morgan fingerprint density at radius 3 is 0.400 bits per heavy atom. The smallest absolute Gasteiger partial charge is 0 e. The van der Waals surface area contributed by atoms with E-state index >= 15 is 0 Å². The van der Waals surface area contributed by atoms with E-state index in [0.29, 0.717) is 0 Å². The number of hydrogen-bond donors (Lipinski definition) is 0. The van der Waals surface area contributed by atoms with Crippen LogP contribution in [-0.4, -0.2) is 0 Å². The van der Waals surface area contributed by atoms with Crippen LogP contribution in [0, 0.1) is 0 Å². The SMILES string of the molecule is F.F.F.F.[Mn]. The maximum absolute atomic E-state index is 0. The molecule has 1 radical (unpaired) electrons. The van der Waals surface area contributed by atoms with E-state index in [9.17, 15) is 0 Å². The van der Waals surface area contributed by atoms with Gasteiger partial charge in [-0.2, -0.15) is 0 Å². The van der Waals surface area contributed by atoms with Crippen molar-refractivity contribution in [3.8, 4) is 0 Å². The van der Waals surface area contributed by atoms with Crippen LogP contribution in [0.5, 0.6) is 0 Å². The van der Waals surface area contributed by atoms with Crippen LogP contribution in [-0.2, 0) is 17.1 Å². The first-order chi connectivity index (χ1) is 0. The van der Waals surface area contributed by atoms with E-state index in [4.69, 9.17) is 0 Å². The van der Waals surface area contributed by atoms with Crippen molar-refractivity contribution in [3.63, 3.8) is 0 Å². The molecule has 5 heavy (non-hydrogen) atoms. The Balaban J connectivity index is 0. The molecule has 0 unspecified atom stereocenters. The van der Waals surface area contributed by atoms with Gasteiger partial charge in [0.25, 0.3) is 0 Å². The van der Waals surface area contributed by atoms with Crippen molar-refractivity contribution in [1.82, 2.24) is 0 Å². The maximum atomic E-state index is 0. The van der Waals surface area contributed by atoms with E-state index in [-0.39, 0.29) is 35.9 Å². The first kappa shape index (κ1) is 1640. The fourth-order valence-electron chi connectivity index (χ4n) is 0. The molecule has 0 rings (SSSR count). The summed E-state index contributed by atoms with van der Waals surface area (Å²) in [4.78, 5) is 0. The van der Waals surface area contributed by atoms with Crippen LogP contribution in [0.1, 0.15) is 0 Å². The van der Waals surface area contributed by atoms with Crippen molar-refractivity contribution in [2.75, 3.05) is 0 Å². The molecule has 0 aliphatic rings. The molecule has 0 aromatic rings. The molecule has 39 valence electrons. The van der Waals surface area contributed by atoms with Crippen molar-refractivity contribution in [1.29, 1.82) is 0 Å². The molecule has 5 heteroatoms. The standard InChI is InChI=1S/4FH.Mn/h4*1H;. The molecule has 0 aromatic carbocycles. The van der Waals surface area contributed by atoms with Gasteiger partial charge in [0.2, 0.25) is 0 Å². The van der Waals surface area contributed by atoms with Crippen LogP contribution in [0.3, 0.4) is 0 Å². The summed E-state index contributed by atoms with van der Waals surface area (Å²) in [5.74, 6) is 0. The molecule has 0 aliphatic heterocycles. The Labute approximate surface area is 36.9 Å². The van der Waals surface area contributed by atoms with E-state index in [2.05, 4.69) is 0 Å². The molecule has 0 bridgehead atoms. The Kier molecular flexibility index (Phi) is 255000. The molecule has 0 atom stereocenters. The van der Waals surface area contributed by atoms with Crippen LogP contribution < -0.4 is 0 Å². The topological polar surface area (TPSA) is 0 Å². The zero-order valence-corrected chi connectivity index (χ0v) is 3.19. The van der Waals surface area contributed by atoms with Crippen LogP contribution in [0.25, 0.3) is 0 Å². The monoisotopic (exact) mass is 135 g/mol. The van der Waals surface area contributed by atoms with Gasteiger partial charge in [-0.1, -0.05) is 0 Å². The second-order valence-corrected chi connectivity index (χ2v) is 0. The third kappa shape index (κ3) is 371. The largest absolute Gasteiger partial charge is 0.269 e. The minimum atomic E-state index is 0. The van der Waals surface area contributed by atoms with Crippen LogP contribution in [0.2, 0.25) is 0 Å². The quantitative estimate of drug-likeness (QED) is 0.337. The molecule has 0 saturated carbocycles. The van der Waals surface area contributed by atoms with E-state index < -0.39 is 0 Å². The minimum absolute atomic E-state index is 0.